The van der Waals surface area contributed by atoms with Gasteiger partial charge in [0.15, 0.2) is 0 Å². The summed E-state index contributed by atoms with van der Waals surface area (Å²) in [5, 5.41) is 0. The molecule has 6 heteroatoms. The molecule has 2 aromatic heterocycles. The summed E-state index contributed by atoms with van der Waals surface area (Å²) >= 11 is 0. The molecule has 1 atom stereocenters. The lowest BCUT2D eigenvalue weighted by Crippen LogP contribution is -2.08. The third-order valence-corrected chi connectivity index (χ3v) is 4.70. The molecule has 4 rings (SSSR count). The number of aromatic nitrogens is 4. The molecule has 1 aromatic carbocycles. The van der Waals surface area contributed by atoms with Crippen LogP contribution >= 0.6 is 0 Å². The number of ether oxygens (including phenoxy) is 1. The van der Waals surface area contributed by atoms with E-state index in [1.165, 1.54) is 18.5 Å². The Bertz CT molecular complexity index is 931. The number of halogens is 1. The molecule has 26 heavy (non-hydrogen) atoms. The van der Waals surface area contributed by atoms with Gasteiger partial charge in [-0.1, -0.05) is 12.1 Å². The minimum Gasteiger partial charge on any atom is -0.469 e. The number of nitrogens with zero attached hydrogens (tertiary/aromatic N) is 4. The lowest BCUT2D eigenvalue weighted by Gasteiger charge is -2.16. The standard InChI is InChI=1S/C20H21FN4O/c1-12-19(21)23-14(3)24-20(12)26-13(2)15-6-8-17(9-7-15)25-10-18(22-11-25)16-4-5-16/h6-11,13,16H,4-5H2,1-3H3/t13-/m0/s1. The average molecular weight is 352 g/mol. The topological polar surface area (TPSA) is 52.8 Å². The van der Waals surface area contributed by atoms with E-state index in [1.54, 1.807) is 13.8 Å². The highest BCUT2D eigenvalue weighted by Crippen LogP contribution is 2.39. The number of rotatable bonds is 5. The van der Waals surface area contributed by atoms with Crippen molar-refractivity contribution < 1.29 is 9.13 Å². The van der Waals surface area contributed by atoms with Gasteiger partial charge in [-0.3, -0.25) is 0 Å². The van der Waals surface area contributed by atoms with E-state index in [4.69, 9.17) is 4.74 Å². The molecule has 5 nitrogen and oxygen atoms in total. The molecule has 0 saturated heterocycles. The molecule has 1 fully saturated rings. The molecule has 134 valence electrons. The Balaban J connectivity index is 1.50. The fourth-order valence-electron chi connectivity index (χ4n) is 2.91. The second-order valence-electron chi connectivity index (χ2n) is 6.82. The SMILES string of the molecule is Cc1nc(F)c(C)c(O[C@@H](C)c2ccc(-n3cnc(C4CC4)c3)cc2)n1. The van der Waals surface area contributed by atoms with Gasteiger partial charge in [-0.25, -0.2) is 9.97 Å². The number of benzene rings is 1. The molecule has 0 unspecified atom stereocenters. The van der Waals surface area contributed by atoms with Crippen LogP contribution in [-0.4, -0.2) is 19.5 Å². The lowest BCUT2D eigenvalue weighted by atomic mass is 10.1. The second-order valence-corrected chi connectivity index (χ2v) is 6.82. The molecule has 1 aliphatic rings. The van der Waals surface area contributed by atoms with Gasteiger partial charge in [0.05, 0.1) is 17.6 Å². The predicted molar refractivity (Wildman–Crippen MR) is 96.0 cm³/mol. The predicted octanol–water partition coefficient (Wildman–Crippen LogP) is 4.44. The first-order chi connectivity index (χ1) is 12.5. The summed E-state index contributed by atoms with van der Waals surface area (Å²) in [6.07, 6.45) is 6.20. The summed E-state index contributed by atoms with van der Waals surface area (Å²) in [5.41, 5.74) is 3.54. The first-order valence-corrected chi connectivity index (χ1v) is 8.83. The van der Waals surface area contributed by atoms with E-state index in [0.717, 1.165) is 11.3 Å². The summed E-state index contributed by atoms with van der Waals surface area (Å²) < 4.78 is 21.7. The van der Waals surface area contributed by atoms with Crippen LogP contribution in [-0.2, 0) is 0 Å². The zero-order valence-electron chi connectivity index (χ0n) is 15.1. The van der Waals surface area contributed by atoms with Gasteiger partial charge in [-0.15, -0.1) is 0 Å². The summed E-state index contributed by atoms with van der Waals surface area (Å²) in [5.74, 6) is 0.748. The Hall–Kier alpha value is -2.76. The highest BCUT2D eigenvalue weighted by Gasteiger charge is 2.25. The molecule has 3 aromatic rings. The smallest absolute Gasteiger partial charge is 0.223 e. The van der Waals surface area contributed by atoms with Gasteiger partial charge in [0.1, 0.15) is 11.9 Å². The van der Waals surface area contributed by atoms with Crippen LogP contribution in [0.1, 0.15) is 54.4 Å². The van der Waals surface area contributed by atoms with E-state index in [-0.39, 0.29) is 12.0 Å². The van der Waals surface area contributed by atoms with E-state index >= 15 is 0 Å². The zero-order chi connectivity index (χ0) is 18.3. The summed E-state index contributed by atoms with van der Waals surface area (Å²) in [7, 11) is 0. The molecule has 1 aliphatic carbocycles. The van der Waals surface area contributed by atoms with Crippen LogP contribution in [0.3, 0.4) is 0 Å². The lowest BCUT2D eigenvalue weighted by molar-refractivity contribution is 0.213. The normalized spacial score (nSPS) is 15.1. The number of aryl methyl sites for hydroxylation is 1. The van der Waals surface area contributed by atoms with Crippen LogP contribution < -0.4 is 4.74 Å². The van der Waals surface area contributed by atoms with Crippen molar-refractivity contribution in [1.29, 1.82) is 0 Å². The zero-order valence-corrected chi connectivity index (χ0v) is 15.1. The monoisotopic (exact) mass is 352 g/mol. The van der Waals surface area contributed by atoms with Gasteiger partial charge in [-0.05, 0) is 51.3 Å². The van der Waals surface area contributed by atoms with Gasteiger partial charge in [0, 0.05) is 17.8 Å². The van der Waals surface area contributed by atoms with E-state index in [1.807, 2.05) is 42.1 Å². The molecular formula is C20H21FN4O. The average Bonchev–Trinajstić information content (AvgIpc) is 3.36. The summed E-state index contributed by atoms with van der Waals surface area (Å²) in [4.78, 5) is 12.4. The molecule has 0 aliphatic heterocycles. The minimum absolute atomic E-state index is 0.249. The second kappa shape index (κ2) is 6.52. The van der Waals surface area contributed by atoms with Gasteiger partial charge in [0.25, 0.3) is 0 Å². The van der Waals surface area contributed by atoms with Gasteiger partial charge in [0.2, 0.25) is 11.8 Å². The molecule has 0 amide bonds. The molecule has 0 bridgehead atoms. The van der Waals surface area contributed by atoms with E-state index < -0.39 is 5.95 Å². The number of hydrogen-bond donors (Lipinski definition) is 0. The Morgan fingerprint density at radius 3 is 2.58 bits per heavy atom. The quantitative estimate of drug-likeness (QED) is 0.637. The van der Waals surface area contributed by atoms with Crippen molar-refractivity contribution >= 4 is 0 Å². The Kier molecular flexibility index (Phi) is 4.18. The fourth-order valence-corrected chi connectivity index (χ4v) is 2.91. The fraction of sp³-hybridized carbons (Fsp3) is 0.350. The number of imidazole rings is 1. The van der Waals surface area contributed by atoms with E-state index in [2.05, 4.69) is 21.1 Å². The van der Waals surface area contributed by atoms with Gasteiger partial charge >= 0.3 is 0 Å². The van der Waals surface area contributed by atoms with Crippen LogP contribution in [0, 0.1) is 19.8 Å². The van der Waals surface area contributed by atoms with Crippen molar-refractivity contribution in [2.24, 2.45) is 0 Å². The van der Waals surface area contributed by atoms with Gasteiger partial charge < -0.3 is 9.30 Å². The third-order valence-electron chi connectivity index (χ3n) is 4.70. The Labute approximate surface area is 151 Å². The molecule has 1 saturated carbocycles. The third kappa shape index (κ3) is 3.31. The molecule has 0 spiro atoms. The first-order valence-electron chi connectivity index (χ1n) is 8.83. The van der Waals surface area contributed by atoms with Crippen molar-refractivity contribution in [2.75, 3.05) is 0 Å². The van der Waals surface area contributed by atoms with Crippen molar-refractivity contribution in [3.63, 3.8) is 0 Å². The Morgan fingerprint density at radius 2 is 1.88 bits per heavy atom. The van der Waals surface area contributed by atoms with Crippen LogP contribution in [0.5, 0.6) is 5.88 Å². The van der Waals surface area contributed by atoms with Crippen molar-refractivity contribution in [1.82, 2.24) is 19.5 Å². The van der Waals surface area contributed by atoms with Crippen LogP contribution in [0.15, 0.2) is 36.8 Å². The van der Waals surface area contributed by atoms with E-state index in [9.17, 15) is 4.39 Å². The summed E-state index contributed by atoms with van der Waals surface area (Å²) in [6.45, 7) is 5.19. The van der Waals surface area contributed by atoms with Crippen molar-refractivity contribution in [3.05, 3.63) is 65.4 Å². The molecule has 0 N–H and O–H groups in total. The number of hydrogen-bond acceptors (Lipinski definition) is 4. The van der Waals surface area contributed by atoms with Crippen LogP contribution in [0.25, 0.3) is 5.69 Å². The van der Waals surface area contributed by atoms with Crippen LogP contribution in [0.2, 0.25) is 0 Å². The molecule has 0 radical (unpaired) electrons. The minimum atomic E-state index is -0.540. The highest BCUT2D eigenvalue weighted by atomic mass is 19.1. The van der Waals surface area contributed by atoms with Crippen molar-refractivity contribution in [2.45, 2.75) is 45.6 Å². The van der Waals surface area contributed by atoms with Gasteiger partial charge in [-0.2, -0.15) is 9.37 Å². The van der Waals surface area contributed by atoms with E-state index in [0.29, 0.717) is 17.3 Å². The first kappa shape index (κ1) is 16.7. The van der Waals surface area contributed by atoms with Crippen molar-refractivity contribution in [3.8, 4) is 11.6 Å². The molecular weight excluding hydrogens is 331 g/mol. The molecule has 2 heterocycles. The maximum Gasteiger partial charge on any atom is 0.223 e. The summed E-state index contributed by atoms with van der Waals surface area (Å²) in [6, 6.07) is 8.09. The Morgan fingerprint density at radius 1 is 1.15 bits per heavy atom. The highest BCUT2D eigenvalue weighted by molar-refractivity contribution is 5.36. The maximum absolute atomic E-state index is 13.8. The van der Waals surface area contributed by atoms with Crippen LogP contribution in [0.4, 0.5) is 4.39 Å². The maximum atomic E-state index is 13.8. The largest absolute Gasteiger partial charge is 0.469 e.